The van der Waals surface area contributed by atoms with Crippen molar-refractivity contribution in [3.8, 4) is 0 Å². The van der Waals surface area contributed by atoms with Gasteiger partial charge in [0.25, 0.3) is 10.0 Å². The minimum absolute atomic E-state index is 0.400. The van der Waals surface area contributed by atoms with Gasteiger partial charge < -0.3 is 9.88 Å². The molecule has 1 aromatic heterocycles. The molecule has 22 heavy (non-hydrogen) atoms. The highest BCUT2D eigenvalue weighted by molar-refractivity contribution is 7.89. The van der Waals surface area contributed by atoms with Crippen LogP contribution in [-0.2, 0) is 23.0 Å². The molecule has 0 aromatic carbocycles. The molecule has 2 saturated heterocycles. The average molecular weight is 324 g/mol. The molecule has 0 amide bonds. The molecular weight excluding hydrogens is 300 g/mol. The highest BCUT2D eigenvalue weighted by Crippen LogP contribution is 2.30. The van der Waals surface area contributed by atoms with Crippen molar-refractivity contribution in [2.45, 2.75) is 56.1 Å². The Morgan fingerprint density at radius 2 is 1.95 bits per heavy atom. The number of piperidine rings is 1. The minimum Gasteiger partial charge on any atom is -0.318 e. The highest BCUT2D eigenvalue weighted by Gasteiger charge is 2.35. The zero-order chi connectivity index (χ0) is 15.2. The third-order valence-electron chi connectivity index (χ3n) is 5.45. The molecule has 0 saturated carbocycles. The summed E-state index contributed by atoms with van der Waals surface area (Å²) in [5, 5.41) is 3.96. The van der Waals surface area contributed by atoms with Crippen LogP contribution in [0.2, 0.25) is 0 Å². The van der Waals surface area contributed by atoms with Crippen LogP contribution in [0.15, 0.2) is 11.2 Å². The van der Waals surface area contributed by atoms with Crippen LogP contribution in [-0.4, -0.2) is 48.0 Å². The third kappa shape index (κ3) is 2.39. The standard InChI is InChI=1S/C15H24N4O2S/c20-22(21,15-11-17-14-4-2-8-19(14)15)18-9-5-12(6-10-18)13-3-1-7-16-13/h11-13,16H,1-10H2. The lowest BCUT2D eigenvalue weighted by Gasteiger charge is -2.34. The summed E-state index contributed by atoms with van der Waals surface area (Å²) in [6.07, 6.45) is 7.88. The molecule has 2 fully saturated rings. The molecule has 0 radical (unpaired) electrons. The van der Waals surface area contributed by atoms with Crippen molar-refractivity contribution in [3.05, 3.63) is 12.0 Å². The summed E-state index contributed by atoms with van der Waals surface area (Å²) in [4.78, 5) is 4.28. The van der Waals surface area contributed by atoms with E-state index in [2.05, 4.69) is 10.3 Å². The zero-order valence-electron chi connectivity index (χ0n) is 12.9. The molecule has 3 aliphatic rings. The van der Waals surface area contributed by atoms with E-state index in [0.29, 0.717) is 30.1 Å². The monoisotopic (exact) mass is 324 g/mol. The molecule has 7 heteroatoms. The Balaban J connectivity index is 1.48. The Morgan fingerprint density at radius 3 is 2.68 bits per heavy atom. The van der Waals surface area contributed by atoms with Crippen LogP contribution in [0.3, 0.4) is 0 Å². The Labute approximate surface area is 132 Å². The van der Waals surface area contributed by atoms with Gasteiger partial charge in [-0.3, -0.25) is 0 Å². The fraction of sp³-hybridized carbons (Fsp3) is 0.800. The molecule has 0 aliphatic carbocycles. The predicted octanol–water partition coefficient (Wildman–Crippen LogP) is 0.982. The molecule has 4 heterocycles. The fourth-order valence-electron chi connectivity index (χ4n) is 4.20. The predicted molar refractivity (Wildman–Crippen MR) is 83.1 cm³/mol. The van der Waals surface area contributed by atoms with Gasteiger partial charge in [-0.1, -0.05) is 0 Å². The van der Waals surface area contributed by atoms with E-state index in [4.69, 9.17) is 0 Å². The molecular formula is C15H24N4O2S. The van der Waals surface area contributed by atoms with Gasteiger partial charge in [0.1, 0.15) is 5.82 Å². The largest absolute Gasteiger partial charge is 0.318 e. The molecule has 0 bridgehead atoms. The Kier molecular flexibility index (Phi) is 3.74. The maximum Gasteiger partial charge on any atom is 0.260 e. The number of fused-ring (bicyclic) bond motifs is 1. The summed E-state index contributed by atoms with van der Waals surface area (Å²) in [5.74, 6) is 1.55. The molecule has 4 rings (SSSR count). The van der Waals surface area contributed by atoms with E-state index in [1.54, 1.807) is 10.5 Å². The second-order valence-corrected chi connectivity index (χ2v) is 8.60. The van der Waals surface area contributed by atoms with Gasteiger partial charge in [0, 0.05) is 32.1 Å². The topological polar surface area (TPSA) is 67.2 Å². The van der Waals surface area contributed by atoms with E-state index in [-0.39, 0.29) is 0 Å². The Bertz CT molecular complexity index is 640. The van der Waals surface area contributed by atoms with Crippen LogP contribution >= 0.6 is 0 Å². The Hall–Kier alpha value is -0.920. The van der Waals surface area contributed by atoms with Gasteiger partial charge in [-0.05, 0) is 44.6 Å². The Morgan fingerprint density at radius 1 is 1.14 bits per heavy atom. The molecule has 122 valence electrons. The second-order valence-electron chi connectivity index (χ2n) is 6.71. The number of aryl methyl sites for hydroxylation is 1. The summed E-state index contributed by atoms with van der Waals surface area (Å²) >= 11 is 0. The van der Waals surface area contributed by atoms with Gasteiger partial charge in [0.15, 0.2) is 5.03 Å². The highest BCUT2D eigenvalue weighted by atomic mass is 32.2. The lowest BCUT2D eigenvalue weighted by atomic mass is 9.89. The van der Waals surface area contributed by atoms with Crippen molar-refractivity contribution in [2.75, 3.05) is 19.6 Å². The molecule has 1 aromatic rings. The summed E-state index contributed by atoms with van der Waals surface area (Å²) in [6, 6.07) is 0.601. The number of nitrogens with zero attached hydrogens (tertiary/aromatic N) is 3. The van der Waals surface area contributed by atoms with Crippen LogP contribution in [0.1, 0.15) is 37.9 Å². The van der Waals surface area contributed by atoms with Crippen LogP contribution in [0.4, 0.5) is 0 Å². The van der Waals surface area contributed by atoms with Crippen molar-refractivity contribution in [2.24, 2.45) is 5.92 Å². The van der Waals surface area contributed by atoms with E-state index in [9.17, 15) is 8.42 Å². The number of imidazole rings is 1. The molecule has 1 N–H and O–H groups in total. The van der Waals surface area contributed by atoms with Gasteiger partial charge >= 0.3 is 0 Å². The molecule has 6 nitrogen and oxygen atoms in total. The first-order valence-electron chi connectivity index (χ1n) is 8.44. The van der Waals surface area contributed by atoms with Crippen LogP contribution < -0.4 is 5.32 Å². The minimum atomic E-state index is -3.38. The SMILES string of the molecule is O=S(=O)(c1cnc2n1CCC2)N1CCC(C2CCCN2)CC1. The normalized spacial score (nSPS) is 27.4. The number of hydrogen-bond donors (Lipinski definition) is 1. The summed E-state index contributed by atoms with van der Waals surface area (Å²) < 4.78 is 29.3. The number of aromatic nitrogens is 2. The molecule has 1 unspecified atom stereocenters. The van der Waals surface area contributed by atoms with E-state index < -0.39 is 10.0 Å². The van der Waals surface area contributed by atoms with Crippen molar-refractivity contribution >= 4 is 10.0 Å². The summed E-state index contributed by atoms with van der Waals surface area (Å²) in [7, 11) is -3.38. The van der Waals surface area contributed by atoms with Gasteiger partial charge in [0.05, 0.1) is 6.20 Å². The van der Waals surface area contributed by atoms with Gasteiger partial charge in [0.2, 0.25) is 0 Å². The quantitative estimate of drug-likeness (QED) is 0.900. The van der Waals surface area contributed by atoms with Crippen LogP contribution in [0.5, 0.6) is 0 Å². The van der Waals surface area contributed by atoms with Crippen LogP contribution in [0, 0.1) is 5.92 Å². The fourth-order valence-corrected chi connectivity index (χ4v) is 5.82. The lowest BCUT2D eigenvalue weighted by Crippen LogP contribution is -2.43. The third-order valence-corrected chi connectivity index (χ3v) is 7.35. The molecule has 1 atom stereocenters. The first-order chi connectivity index (χ1) is 10.7. The maximum atomic E-state index is 12.9. The number of hydrogen-bond acceptors (Lipinski definition) is 4. The second kappa shape index (κ2) is 5.62. The van der Waals surface area contributed by atoms with Crippen molar-refractivity contribution in [3.63, 3.8) is 0 Å². The molecule has 3 aliphatic heterocycles. The number of nitrogens with one attached hydrogen (secondary N) is 1. The van der Waals surface area contributed by atoms with E-state index >= 15 is 0 Å². The first kappa shape index (κ1) is 14.7. The average Bonchev–Trinajstić information content (AvgIpc) is 3.24. The van der Waals surface area contributed by atoms with E-state index in [1.165, 1.54) is 12.8 Å². The van der Waals surface area contributed by atoms with Gasteiger partial charge in [-0.25, -0.2) is 13.4 Å². The maximum absolute atomic E-state index is 12.9. The number of rotatable bonds is 3. The molecule has 0 spiro atoms. The zero-order valence-corrected chi connectivity index (χ0v) is 13.7. The van der Waals surface area contributed by atoms with Gasteiger partial charge in [-0.2, -0.15) is 4.31 Å². The van der Waals surface area contributed by atoms with Crippen molar-refractivity contribution in [1.29, 1.82) is 0 Å². The lowest BCUT2D eigenvalue weighted by molar-refractivity contribution is 0.233. The smallest absolute Gasteiger partial charge is 0.260 e. The number of sulfonamides is 1. The van der Waals surface area contributed by atoms with Crippen LogP contribution in [0.25, 0.3) is 0 Å². The first-order valence-corrected chi connectivity index (χ1v) is 9.88. The van der Waals surface area contributed by atoms with E-state index in [1.807, 2.05) is 4.57 Å². The van der Waals surface area contributed by atoms with Crippen molar-refractivity contribution < 1.29 is 8.42 Å². The summed E-state index contributed by atoms with van der Waals surface area (Å²) in [6.45, 7) is 3.19. The summed E-state index contributed by atoms with van der Waals surface area (Å²) in [5.41, 5.74) is 0. The van der Waals surface area contributed by atoms with Crippen molar-refractivity contribution in [1.82, 2.24) is 19.2 Å². The van der Waals surface area contributed by atoms with E-state index in [0.717, 1.165) is 44.6 Å². The van der Waals surface area contributed by atoms with Gasteiger partial charge in [-0.15, -0.1) is 0 Å².